The van der Waals surface area contributed by atoms with Gasteiger partial charge in [-0.15, -0.1) is 0 Å². The second kappa shape index (κ2) is 5.52. The highest BCUT2D eigenvalue weighted by atomic mass is 79.9. The molecule has 19 heavy (non-hydrogen) atoms. The molecule has 5 nitrogen and oxygen atoms in total. The van der Waals surface area contributed by atoms with Gasteiger partial charge in [0.2, 0.25) is 0 Å². The van der Waals surface area contributed by atoms with Gasteiger partial charge in [-0.05, 0) is 37.6 Å². The zero-order chi connectivity index (χ0) is 14.0. The molecule has 1 heterocycles. The van der Waals surface area contributed by atoms with Gasteiger partial charge in [0.25, 0.3) is 5.91 Å². The first-order valence-corrected chi connectivity index (χ1v) is 6.65. The lowest BCUT2D eigenvalue weighted by molar-refractivity contribution is 0.0781. The lowest BCUT2D eigenvalue weighted by Crippen LogP contribution is -2.26. The van der Waals surface area contributed by atoms with E-state index in [4.69, 9.17) is 0 Å². The summed E-state index contributed by atoms with van der Waals surface area (Å²) < 4.78 is 0.901. The molecule has 6 heteroatoms. The number of aromatic nitrogens is 3. The molecule has 1 amide bonds. The van der Waals surface area contributed by atoms with Gasteiger partial charge < -0.3 is 4.90 Å². The average molecular weight is 323 g/mol. The van der Waals surface area contributed by atoms with Crippen LogP contribution in [0.25, 0.3) is 0 Å². The highest BCUT2D eigenvalue weighted by Crippen LogP contribution is 2.17. The maximum absolute atomic E-state index is 12.3. The van der Waals surface area contributed by atoms with E-state index in [-0.39, 0.29) is 5.91 Å². The fourth-order valence-corrected chi connectivity index (χ4v) is 2.43. The van der Waals surface area contributed by atoms with Crippen molar-refractivity contribution in [3.05, 3.63) is 45.4 Å². The monoisotopic (exact) mass is 322 g/mol. The normalized spacial score (nSPS) is 10.5. The number of halogens is 1. The lowest BCUT2D eigenvalue weighted by Gasteiger charge is -2.15. The van der Waals surface area contributed by atoms with Gasteiger partial charge in [-0.2, -0.15) is 5.10 Å². The molecular formula is C13H15BrN4O. The first-order chi connectivity index (χ1) is 8.95. The minimum Gasteiger partial charge on any atom is -0.334 e. The SMILES string of the molecule is Cc1cc(Br)cc(C(=O)N(C)Cc2n[nH]c(C)n2)c1. The molecule has 0 saturated heterocycles. The van der Waals surface area contributed by atoms with Crippen molar-refractivity contribution < 1.29 is 4.79 Å². The zero-order valence-electron chi connectivity index (χ0n) is 11.1. The van der Waals surface area contributed by atoms with Gasteiger partial charge in [-0.3, -0.25) is 9.89 Å². The largest absolute Gasteiger partial charge is 0.334 e. The van der Waals surface area contributed by atoms with Gasteiger partial charge >= 0.3 is 0 Å². The molecule has 0 spiro atoms. The van der Waals surface area contributed by atoms with E-state index in [1.807, 2.05) is 32.0 Å². The van der Waals surface area contributed by atoms with Crippen LogP contribution in [-0.4, -0.2) is 33.0 Å². The Morgan fingerprint density at radius 1 is 1.37 bits per heavy atom. The van der Waals surface area contributed by atoms with Gasteiger partial charge in [0.05, 0.1) is 6.54 Å². The smallest absolute Gasteiger partial charge is 0.254 e. The number of hydrogen-bond donors (Lipinski definition) is 1. The van der Waals surface area contributed by atoms with E-state index in [1.165, 1.54) is 0 Å². The van der Waals surface area contributed by atoms with E-state index in [1.54, 1.807) is 11.9 Å². The van der Waals surface area contributed by atoms with E-state index in [0.29, 0.717) is 17.9 Å². The molecule has 0 saturated carbocycles. The summed E-state index contributed by atoms with van der Waals surface area (Å²) in [5, 5.41) is 6.79. The highest BCUT2D eigenvalue weighted by Gasteiger charge is 2.14. The molecule has 1 aromatic carbocycles. The average Bonchev–Trinajstić information content (AvgIpc) is 2.72. The summed E-state index contributed by atoms with van der Waals surface area (Å²) >= 11 is 3.40. The number of nitrogens with one attached hydrogen (secondary N) is 1. The predicted octanol–water partition coefficient (Wildman–Crippen LogP) is 2.46. The molecule has 0 aliphatic carbocycles. The molecule has 1 N–H and O–H groups in total. The van der Waals surface area contributed by atoms with Crippen LogP contribution in [0.3, 0.4) is 0 Å². The maximum Gasteiger partial charge on any atom is 0.254 e. The van der Waals surface area contributed by atoms with E-state index < -0.39 is 0 Å². The Labute approximate surface area is 120 Å². The van der Waals surface area contributed by atoms with Gasteiger partial charge in [-0.25, -0.2) is 4.98 Å². The number of carbonyl (C=O) groups is 1. The summed E-state index contributed by atoms with van der Waals surface area (Å²) in [6.07, 6.45) is 0. The minimum absolute atomic E-state index is 0.0492. The Morgan fingerprint density at radius 2 is 2.11 bits per heavy atom. The van der Waals surface area contributed by atoms with Crippen LogP contribution in [0.4, 0.5) is 0 Å². The molecule has 100 valence electrons. The van der Waals surface area contributed by atoms with E-state index in [9.17, 15) is 4.79 Å². The highest BCUT2D eigenvalue weighted by molar-refractivity contribution is 9.10. The molecule has 0 radical (unpaired) electrons. The molecule has 0 bridgehead atoms. The Bertz CT molecular complexity index is 588. The number of H-pyrrole nitrogens is 1. The van der Waals surface area contributed by atoms with Crippen LogP contribution >= 0.6 is 15.9 Å². The van der Waals surface area contributed by atoms with Gasteiger partial charge in [0, 0.05) is 17.1 Å². The fourth-order valence-electron chi connectivity index (χ4n) is 1.82. The van der Waals surface area contributed by atoms with Crippen molar-refractivity contribution in [2.75, 3.05) is 7.05 Å². The van der Waals surface area contributed by atoms with E-state index in [2.05, 4.69) is 31.1 Å². The molecule has 0 fully saturated rings. The number of aryl methyl sites for hydroxylation is 2. The van der Waals surface area contributed by atoms with E-state index >= 15 is 0 Å². The molecule has 0 atom stereocenters. The number of carbonyl (C=O) groups excluding carboxylic acids is 1. The first-order valence-electron chi connectivity index (χ1n) is 5.86. The Hall–Kier alpha value is -1.69. The summed E-state index contributed by atoms with van der Waals surface area (Å²) in [6.45, 7) is 4.17. The number of hydrogen-bond acceptors (Lipinski definition) is 3. The number of amides is 1. The lowest BCUT2D eigenvalue weighted by atomic mass is 10.1. The first kappa shape index (κ1) is 13.7. The van der Waals surface area contributed by atoms with Crippen molar-refractivity contribution >= 4 is 21.8 Å². The van der Waals surface area contributed by atoms with Crippen molar-refractivity contribution in [1.29, 1.82) is 0 Å². The van der Waals surface area contributed by atoms with E-state index in [0.717, 1.165) is 15.9 Å². The molecule has 1 aromatic heterocycles. The zero-order valence-corrected chi connectivity index (χ0v) is 12.7. The second-order valence-corrected chi connectivity index (χ2v) is 5.43. The molecule has 0 unspecified atom stereocenters. The summed E-state index contributed by atoms with van der Waals surface area (Å²) in [6, 6.07) is 5.65. The third-order valence-corrected chi connectivity index (χ3v) is 3.12. The maximum atomic E-state index is 12.3. The topological polar surface area (TPSA) is 61.9 Å². The van der Waals surface area contributed by atoms with Crippen LogP contribution in [0.2, 0.25) is 0 Å². The van der Waals surface area contributed by atoms with Crippen LogP contribution in [0, 0.1) is 13.8 Å². The van der Waals surface area contributed by atoms with Crippen molar-refractivity contribution in [2.45, 2.75) is 20.4 Å². The summed E-state index contributed by atoms with van der Waals surface area (Å²) in [5.41, 5.74) is 1.70. The third-order valence-electron chi connectivity index (χ3n) is 2.66. The fraction of sp³-hybridized carbons (Fsp3) is 0.308. The number of benzene rings is 1. The standard InChI is InChI=1S/C13H15BrN4O/c1-8-4-10(6-11(14)5-8)13(19)18(3)7-12-15-9(2)16-17-12/h4-6H,7H2,1-3H3,(H,15,16,17). The van der Waals surface area contributed by atoms with Crippen LogP contribution in [0.1, 0.15) is 27.6 Å². The van der Waals surface area contributed by atoms with Gasteiger partial charge in [0.15, 0.2) is 5.82 Å². The molecule has 2 rings (SSSR count). The van der Waals surface area contributed by atoms with Crippen LogP contribution in [-0.2, 0) is 6.54 Å². The Kier molecular flexibility index (Phi) is 3.99. The molecular weight excluding hydrogens is 308 g/mol. The molecule has 2 aromatic rings. The predicted molar refractivity (Wildman–Crippen MR) is 75.8 cm³/mol. The summed E-state index contributed by atoms with van der Waals surface area (Å²) in [4.78, 5) is 18.1. The van der Waals surface area contributed by atoms with Crippen molar-refractivity contribution in [3.63, 3.8) is 0 Å². The summed E-state index contributed by atoms with van der Waals surface area (Å²) in [7, 11) is 1.74. The van der Waals surface area contributed by atoms with Crippen molar-refractivity contribution in [2.24, 2.45) is 0 Å². The molecule has 0 aliphatic rings. The molecule has 0 aliphatic heterocycles. The van der Waals surface area contributed by atoms with Crippen LogP contribution < -0.4 is 0 Å². The number of nitrogens with zero attached hydrogens (tertiary/aromatic N) is 3. The third kappa shape index (κ3) is 3.41. The number of aromatic amines is 1. The van der Waals surface area contributed by atoms with Crippen LogP contribution in [0.5, 0.6) is 0 Å². The van der Waals surface area contributed by atoms with Gasteiger partial charge in [-0.1, -0.05) is 15.9 Å². The second-order valence-electron chi connectivity index (χ2n) is 4.52. The van der Waals surface area contributed by atoms with Crippen molar-refractivity contribution in [1.82, 2.24) is 20.1 Å². The Balaban J connectivity index is 2.14. The quantitative estimate of drug-likeness (QED) is 0.944. The summed E-state index contributed by atoms with van der Waals surface area (Å²) in [5.74, 6) is 1.31. The minimum atomic E-state index is -0.0492. The van der Waals surface area contributed by atoms with Gasteiger partial charge in [0.1, 0.15) is 5.82 Å². The Morgan fingerprint density at radius 3 is 2.68 bits per heavy atom. The van der Waals surface area contributed by atoms with Crippen molar-refractivity contribution in [3.8, 4) is 0 Å². The van der Waals surface area contributed by atoms with Crippen LogP contribution in [0.15, 0.2) is 22.7 Å². The number of rotatable bonds is 3.